The van der Waals surface area contributed by atoms with Gasteiger partial charge >= 0.3 is 12.1 Å². The molecule has 0 fully saturated rings. The maximum atomic E-state index is 11.8. The SMILES string of the molecule is COC(=O)CCN(C=O)CC(F)(F)F. The molecule has 0 aliphatic carbocycles. The molecule has 0 saturated heterocycles. The second-order valence-electron chi connectivity index (χ2n) is 2.52. The minimum atomic E-state index is -4.45. The van der Waals surface area contributed by atoms with E-state index in [0.717, 1.165) is 7.11 Å². The molecule has 0 atom stereocenters. The van der Waals surface area contributed by atoms with E-state index in [-0.39, 0.29) is 19.4 Å². The first kappa shape index (κ1) is 12.7. The number of methoxy groups -OCH3 is 1. The minimum absolute atomic E-state index is 0.0520. The molecule has 7 heteroatoms. The van der Waals surface area contributed by atoms with Crippen LogP contribution < -0.4 is 0 Å². The third-order valence-corrected chi connectivity index (χ3v) is 1.36. The summed E-state index contributed by atoms with van der Waals surface area (Å²) in [6.45, 7) is -1.65. The average Bonchev–Trinajstić information content (AvgIpc) is 2.09. The van der Waals surface area contributed by atoms with Crippen molar-refractivity contribution in [2.24, 2.45) is 0 Å². The van der Waals surface area contributed by atoms with E-state index < -0.39 is 18.7 Å². The zero-order chi connectivity index (χ0) is 11.2. The number of ether oxygens (including phenoxy) is 1. The summed E-state index contributed by atoms with van der Waals surface area (Å²) in [5, 5.41) is 0. The third kappa shape index (κ3) is 6.27. The molecule has 1 amide bonds. The molecule has 0 radical (unpaired) electrons. The highest BCUT2D eigenvalue weighted by Crippen LogP contribution is 2.15. The molecule has 0 saturated carbocycles. The number of nitrogens with zero attached hydrogens (tertiary/aromatic N) is 1. The standard InChI is InChI=1S/C7H10F3NO3/c1-14-6(13)2-3-11(5-12)4-7(8,9)10/h5H,2-4H2,1H3. The Morgan fingerprint density at radius 3 is 2.43 bits per heavy atom. The third-order valence-electron chi connectivity index (χ3n) is 1.36. The van der Waals surface area contributed by atoms with Crippen LogP contribution in [0.15, 0.2) is 0 Å². The number of hydrogen-bond acceptors (Lipinski definition) is 3. The van der Waals surface area contributed by atoms with E-state index in [1.165, 1.54) is 0 Å². The van der Waals surface area contributed by atoms with Gasteiger partial charge in [-0.05, 0) is 0 Å². The van der Waals surface area contributed by atoms with Gasteiger partial charge in [0.1, 0.15) is 6.54 Å². The Labute approximate surface area is 78.6 Å². The second kappa shape index (κ2) is 5.46. The summed E-state index contributed by atoms with van der Waals surface area (Å²) >= 11 is 0. The number of carbonyl (C=O) groups excluding carboxylic acids is 2. The summed E-state index contributed by atoms with van der Waals surface area (Å²) in [6.07, 6.45) is -4.64. The molecule has 0 aromatic rings. The minimum Gasteiger partial charge on any atom is -0.469 e. The van der Waals surface area contributed by atoms with Crippen molar-refractivity contribution in [1.82, 2.24) is 4.90 Å². The molecule has 0 aromatic heterocycles. The van der Waals surface area contributed by atoms with Gasteiger partial charge in [0.25, 0.3) is 0 Å². The number of alkyl halides is 3. The zero-order valence-electron chi connectivity index (χ0n) is 7.50. The Morgan fingerprint density at radius 1 is 1.50 bits per heavy atom. The fourth-order valence-electron chi connectivity index (χ4n) is 0.736. The van der Waals surface area contributed by atoms with Crippen LogP contribution in [0.4, 0.5) is 13.2 Å². The molecular formula is C7H10F3NO3. The topological polar surface area (TPSA) is 46.6 Å². The van der Waals surface area contributed by atoms with Gasteiger partial charge in [0.05, 0.1) is 13.5 Å². The second-order valence-corrected chi connectivity index (χ2v) is 2.52. The molecule has 0 spiro atoms. The van der Waals surface area contributed by atoms with Crippen molar-refractivity contribution >= 4 is 12.4 Å². The summed E-state index contributed by atoms with van der Waals surface area (Å²) in [4.78, 5) is 21.2. The highest BCUT2D eigenvalue weighted by Gasteiger charge is 2.30. The lowest BCUT2D eigenvalue weighted by Gasteiger charge is -2.18. The Morgan fingerprint density at radius 2 is 2.07 bits per heavy atom. The Bertz CT molecular complexity index is 205. The predicted octanol–water partition coefficient (Wildman–Crippen LogP) is 0.570. The van der Waals surface area contributed by atoms with Crippen molar-refractivity contribution in [3.63, 3.8) is 0 Å². The van der Waals surface area contributed by atoms with Crippen LogP contribution in [-0.4, -0.2) is 43.7 Å². The van der Waals surface area contributed by atoms with E-state index in [9.17, 15) is 22.8 Å². The van der Waals surface area contributed by atoms with Crippen LogP contribution in [-0.2, 0) is 14.3 Å². The number of halogens is 3. The van der Waals surface area contributed by atoms with E-state index in [0.29, 0.717) is 4.90 Å². The molecule has 4 nitrogen and oxygen atoms in total. The lowest BCUT2D eigenvalue weighted by molar-refractivity contribution is -0.156. The first-order valence-electron chi connectivity index (χ1n) is 3.72. The van der Waals surface area contributed by atoms with Crippen LogP contribution in [0, 0.1) is 0 Å². The monoisotopic (exact) mass is 213 g/mol. The van der Waals surface area contributed by atoms with E-state index >= 15 is 0 Å². The largest absolute Gasteiger partial charge is 0.469 e. The maximum absolute atomic E-state index is 11.8. The number of esters is 1. The number of amides is 1. The van der Waals surface area contributed by atoms with Gasteiger partial charge in [-0.25, -0.2) is 0 Å². The highest BCUT2D eigenvalue weighted by atomic mass is 19.4. The molecule has 82 valence electrons. The number of carbonyl (C=O) groups is 2. The van der Waals surface area contributed by atoms with Gasteiger partial charge in [-0.1, -0.05) is 0 Å². The van der Waals surface area contributed by atoms with E-state index in [1.807, 2.05) is 0 Å². The van der Waals surface area contributed by atoms with Gasteiger partial charge in [0.2, 0.25) is 6.41 Å². The molecule has 0 aliphatic rings. The van der Waals surface area contributed by atoms with E-state index in [4.69, 9.17) is 0 Å². The van der Waals surface area contributed by atoms with Gasteiger partial charge < -0.3 is 9.64 Å². The summed E-state index contributed by atoms with van der Waals surface area (Å²) in [6, 6.07) is 0. The quantitative estimate of drug-likeness (QED) is 0.495. The van der Waals surface area contributed by atoms with Crippen molar-refractivity contribution < 1.29 is 27.5 Å². The summed E-state index contributed by atoms with van der Waals surface area (Å²) in [7, 11) is 1.12. The molecule has 0 unspecified atom stereocenters. The molecule has 0 heterocycles. The highest BCUT2D eigenvalue weighted by molar-refractivity contribution is 5.69. The van der Waals surface area contributed by atoms with E-state index in [1.54, 1.807) is 0 Å². The molecular weight excluding hydrogens is 203 g/mol. The fraction of sp³-hybridized carbons (Fsp3) is 0.714. The maximum Gasteiger partial charge on any atom is 0.406 e. The lowest BCUT2D eigenvalue weighted by Crippen LogP contribution is -2.34. The summed E-state index contributed by atoms with van der Waals surface area (Å²) in [5.74, 6) is -0.654. The van der Waals surface area contributed by atoms with Gasteiger partial charge in [-0.3, -0.25) is 9.59 Å². The number of rotatable bonds is 5. The predicted molar refractivity (Wildman–Crippen MR) is 40.3 cm³/mol. The summed E-state index contributed by atoms with van der Waals surface area (Å²) < 4.78 is 39.6. The first-order valence-corrected chi connectivity index (χ1v) is 3.72. The molecule has 0 rings (SSSR count). The Balaban J connectivity index is 3.92. The van der Waals surface area contributed by atoms with Gasteiger partial charge in [-0.2, -0.15) is 13.2 Å². The van der Waals surface area contributed by atoms with Gasteiger partial charge in [0, 0.05) is 6.54 Å². The van der Waals surface area contributed by atoms with Crippen molar-refractivity contribution in [2.75, 3.05) is 20.2 Å². The fourth-order valence-corrected chi connectivity index (χ4v) is 0.736. The Hall–Kier alpha value is -1.27. The summed E-state index contributed by atoms with van der Waals surface area (Å²) in [5.41, 5.74) is 0. The first-order chi connectivity index (χ1) is 6.39. The molecule has 0 bridgehead atoms. The van der Waals surface area contributed by atoms with Crippen LogP contribution in [0.25, 0.3) is 0 Å². The van der Waals surface area contributed by atoms with Crippen LogP contribution in [0.5, 0.6) is 0 Å². The average molecular weight is 213 g/mol. The van der Waals surface area contributed by atoms with Crippen LogP contribution in [0.3, 0.4) is 0 Å². The molecule has 0 aliphatic heterocycles. The number of hydrogen-bond donors (Lipinski definition) is 0. The van der Waals surface area contributed by atoms with Crippen molar-refractivity contribution in [3.8, 4) is 0 Å². The van der Waals surface area contributed by atoms with Crippen molar-refractivity contribution in [2.45, 2.75) is 12.6 Å². The van der Waals surface area contributed by atoms with Gasteiger partial charge in [-0.15, -0.1) is 0 Å². The zero-order valence-corrected chi connectivity index (χ0v) is 7.50. The molecule has 0 N–H and O–H groups in total. The van der Waals surface area contributed by atoms with Crippen LogP contribution in [0.2, 0.25) is 0 Å². The van der Waals surface area contributed by atoms with Crippen molar-refractivity contribution in [3.05, 3.63) is 0 Å². The molecule has 14 heavy (non-hydrogen) atoms. The smallest absolute Gasteiger partial charge is 0.406 e. The lowest BCUT2D eigenvalue weighted by atomic mass is 10.4. The normalized spacial score (nSPS) is 10.9. The van der Waals surface area contributed by atoms with Crippen LogP contribution in [0.1, 0.15) is 6.42 Å². The van der Waals surface area contributed by atoms with Crippen molar-refractivity contribution in [1.29, 1.82) is 0 Å². The van der Waals surface area contributed by atoms with E-state index in [2.05, 4.69) is 4.74 Å². The van der Waals surface area contributed by atoms with Crippen LogP contribution >= 0.6 is 0 Å². The molecule has 0 aromatic carbocycles. The van der Waals surface area contributed by atoms with Gasteiger partial charge in [0.15, 0.2) is 0 Å². The Kier molecular flexibility index (Phi) is 4.96.